The zero-order valence-electron chi connectivity index (χ0n) is 11.5. The van der Waals surface area contributed by atoms with Crippen molar-refractivity contribution in [3.8, 4) is 0 Å². The Hall–Kier alpha value is -2.19. The highest BCUT2D eigenvalue weighted by atomic mass is 16.5. The first-order chi connectivity index (χ1) is 8.93. The lowest BCUT2D eigenvalue weighted by Gasteiger charge is -2.18. The lowest BCUT2D eigenvalue weighted by atomic mass is 9.87. The molecule has 1 aromatic rings. The van der Waals surface area contributed by atoms with Gasteiger partial charge in [0, 0.05) is 0 Å². The van der Waals surface area contributed by atoms with Crippen LogP contribution in [0.4, 0.5) is 0 Å². The smallest absolute Gasteiger partial charge is 0.413 e. The number of hydrogen-bond donors (Lipinski definition) is 0. The van der Waals surface area contributed by atoms with E-state index in [1.54, 1.807) is 6.08 Å². The summed E-state index contributed by atoms with van der Waals surface area (Å²) in [6, 6.07) is 8.22. The maximum atomic E-state index is 10.8. The van der Waals surface area contributed by atoms with Gasteiger partial charge < -0.3 is 10.3 Å². The average molecular weight is 258 g/mol. The summed E-state index contributed by atoms with van der Waals surface area (Å²) < 4.78 is 4.75. The van der Waals surface area contributed by atoms with Gasteiger partial charge in [-0.1, -0.05) is 51.1 Å². The summed E-state index contributed by atoms with van der Waals surface area (Å²) in [5.74, 6) is -0.671. The second-order valence-electron chi connectivity index (χ2n) is 5.15. The summed E-state index contributed by atoms with van der Waals surface area (Å²) in [6.07, 6.45) is 4.32. The highest BCUT2D eigenvalue weighted by molar-refractivity contribution is 6.20. The summed E-state index contributed by atoms with van der Waals surface area (Å²) >= 11 is 0. The first-order valence-electron chi connectivity index (χ1n) is 6.05. The fraction of sp³-hybridized carbons (Fsp3) is 0.333. The number of nitrogens with zero attached hydrogens (tertiary/aromatic N) is 2. The van der Waals surface area contributed by atoms with Crippen LogP contribution in [0.25, 0.3) is 11.6 Å². The second kappa shape index (κ2) is 6.66. The van der Waals surface area contributed by atoms with Gasteiger partial charge in [0.2, 0.25) is 0 Å². The predicted octanol–water partition coefficient (Wildman–Crippen LogP) is 2.84. The van der Waals surface area contributed by atoms with Crippen molar-refractivity contribution in [1.29, 1.82) is 0 Å². The molecule has 0 aromatic heterocycles. The molecule has 0 saturated carbocycles. The van der Waals surface area contributed by atoms with E-state index in [0.717, 1.165) is 5.56 Å². The monoisotopic (exact) mass is 258 g/mol. The Bertz CT molecular complexity index is 504. The maximum absolute atomic E-state index is 10.8. The molecule has 0 aliphatic carbocycles. The number of carbonyl (C=O) groups excluding carboxylic acids is 1. The first-order valence-corrected chi connectivity index (χ1v) is 6.05. The largest absolute Gasteiger partial charge is 0.453 e. The summed E-state index contributed by atoms with van der Waals surface area (Å²) in [7, 11) is 0. The van der Waals surface area contributed by atoms with E-state index in [-0.39, 0.29) is 12.0 Å². The van der Waals surface area contributed by atoms with Crippen molar-refractivity contribution in [3.05, 3.63) is 47.0 Å². The van der Waals surface area contributed by atoms with Crippen LogP contribution in [0, 0.1) is 0 Å². The zero-order valence-corrected chi connectivity index (χ0v) is 11.5. The van der Waals surface area contributed by atoms with Crippen LogP contribution in [-0.4, -0.2) is 23.6 Å². The fourth-order valence-corrected chi connectivity index (χ4v) is 1.49. The van der Waals surface area contributed by atoms with Gasteiger partial charge in [-0.05, 0) is 22.6 Å². The number of rotatable bonds is 4. The Morgan fingerprint density at radius 1 is 1.32 bits per heavy atom. The number of carbonyl (C=O) groups is 1. The Kier molecular flexibility index (Phi) is 5.22. The van der Waals surface area contributed by atoms with Gasteiger partial charge in [0.15, 0.2) is 0 Å². The molecule has 0 saturated heterocycles. The molecule has 0 amide bonds. The van der Waals surface area contributed by atoms with Gasteiger partial charge in [-0.15, -0.1) is 0 Å². The molecule has 0 atom stereocenters. The molecule has 0 radical (unpaired) electrons. The average Bonchev–Trinajstić information content (AvgIpc) is 2.34. The number of esters is 1. The molecule has 0 unspecified atom stereocenters. The summed E-state index contributed by atoms with van der Waals surface area (Å²) in [6.45, 7) is 6.64. The van der Waals surface area contributed by atoms with Gasteiger partial charge >= 0.3 is 12.2 Å². The molecule has 0 aliphatic heterocycles. The highest BCUT2D eigenvalue weighted by Crippen LogP contribution is 2.22. The Morgan fingerprint density at radius 2 is 1.95 bits per heavy atom. The molecule has 4 nitrogen and oxygen atoms in total. The van der Waals surface area contributed by atoms with E-state index in [0.29, 0.717) is 6.21 Å². The maximum Gasteiger partial charge on any atom is 0.413 e. The predicted molar refractivity (Wildman–Crippen MR) is 74.8 cm³/mol. The zero-order chi connectivity index (χ0) is 14.3. The van der Waals surface area contributed by atoms with Crippen molar-refractivity contribution < 1.29 is 14.3 Å². The van der Waals surface area contributed by atoms with Gasteiger partial charge in [-0.3, -0.25) is 0 Å². The van der Waals surface area contributed by atoms with Gasteiger partial charge in [0.05, 0.1) is 0 Å². The van der Waals surface area contributed by atoms with Crippen molar-refractivity contribution in [1.82, 2.24) is 0 Å². The van der Waals surface area contributed by atoms with Crippen LogP contribution in [0.2, 0.25) is 0 Å². The van der Waals surface area contributed by atoms with Crippen LogP contribution >= 0.6 is 0 Å². The van der Waals surface area contributed by atoms with E-state index in [1.165, 1.54) is 5.56 Å². The van der Waals surface area contributed by atoms with E-state index < -0.39 is 5.97 Å². The second-order valence-corrected chi connectivity index (χ2v) is 5.15. The molecule has 100 valence electrons. The lowest BCUT2D eigenvalue weighted by molar-refractivity contribution is -0.137. The summed E-state index contributed by atoms with van der Waals surface area (Å²) in [5.41, 5.74) is 10.6. The third-order valence-corrected chi connectivity index (χ3v) is 2.57. The number of benzene rings is 1. The topological polar surface area (TPSA) is 62.7 Å². The van der Waals surface area contributed by atoms with Crippen LogP contribution in [0.3, 0.4) is 0 Å². The van der Waals surface area contributed by atoms with Crippen LogP contribution in [-0.2, 0) is 14.9 Å². The standard InChI is InChI=1S/C15H18N2O2/c1-15(2,3)13-8-6-12(7-9-13)5-4-10-19-14(18)11-17-16/h4-9,11H,10H2,1-3H3. The molecular weight excluding hydrogens is 240 g/mol. The molecular formula is C15H18N2O2. The van der Waals surface area contributed by atoms with E-state index in [1.807, 2.05) is 18.2 Å². The van der Waals surface area contributed by atoms with Crippen LogP contribution in [0.1, 0.15) is 31.9 Å². The number of ether oxygens (including phenoxy) is 1. The van der Waals surface area contributed by atoms with Crippen molar-refractivity contribution >= 4 is 18.3 Å². The lowest BCUT2D eigenvalue weighted by Crippen LogP contribution is -2.10. The minimum atomic E-state index is -0.671. The van der Waals surface area contributed by atoms with E-state index in [2.05, 4.69) is 37.7 Å². The molecule has 0 bridgehead atoms. The third kappa shape index (κ3) is 5.32. The normalized spacial score (nSPS) is 11.1. The van der Waals surface area contributed by atoms with Crippen molar-refractivity contribution in [2.45, 2.75) is 26.2 Å². The van der Waals surface area contributed by atoms with Gasteiger partial charge in [0.25, 0.3) is 0 Å². The molecule has 0 aliphatic rings. The van der Waals surface area contributed by atoms with E-state index >= 15 is 0 Å². The summed E-state index contributed by atoms with van der Waals surface area (Å²) in [5, 5.41) is 0. The fourth-order valence-electron chi connectivity index (χ4n) is 1.49. The SMILES string of the molecule is CC(C)(C)c1ccc(C=CCOC(=O)C=[N+]=[N-])cc1. The third-order valence-electron chi connectivity index (χ3n) is 2.57. The van der Waals surface area contributed by atoms with Crippen molar-refractivity contribution in [2.24, 2.45) is 0 Å². The molecule has 4 heteroatoms. The van der Waals surface area contributed by atoms with Crippen molar-refractivity contribution in [3.63, 3.8) is 0 Å². The first kappa shape index (κ1) is 14.9. The van der Waals surface area contributed by atoms with Gasteiger partial charge in [-0.25, -0.2) is 4.79 Å². The number of hydrogen-bond acceptors (Lipinski definition) is 2. The molecule has 0 heterocycles. The minimum Gasteiger partial charge on any atom is -0.453 e. The molecule has 0 N–H and O–H groups in total. The van der Waals surface area contributed by atoms with Crippen LogP contribution in [0.5, 0.6) is 0 Å². The van der Waals surface area contributed by atoms with Crippen LogP contribution < -0.4 is 0 Å². The Labute approximate surface area is 113 Å². The minimum absolute atomic E-state index is 0.140. The van der Waals surface area contributed by atoms with E-state index in [4.69, 9.17) is 10.3 Å². The molecule has 0 fully saturated rings. The molecule has 1 rings (SSSR count). The van der Waals surface area contributed by atoms with E-state index in [9.17, 15) is 4.79 Å². The van der Waals surface area contributed by atoms with Crippen LogP contribution in [0.15, 0.2) is 30.3 Å². The van der Waals surface area contributed by atoms with Crippen molar-refractivity contribution in [2.75, 3.05) is 6.61 Å². The molecule has 1 aromatic carbocycles. The quantitative estimate of drug-likeness (QED) is 0.361. The van der Waals surface area contributed by atoms with Gasteiger partial charge in [0.1, 0.15) is 6.61 Å². The highest BCUT2D eigenvalue weighted by Gasteiger charge is 2.12. The van der Waals surface area contributed by atoms with Gasteiger partial charge in [-0.2, -0.15) is 4.79 Å². The summed E-state index contributed by atoms with van der Waals surface area (Å²) in [4.78, 5) is 13.4. The molecule has 0 spiro atoms. The molecule has 19 heavy (non-hydrogen) atoms. The Morgan fingerprint density at radius 3 is 2.47 bits per heavy atom. The Balaban J connectivity index is 2.54.